The molecule has 2 aromatic rings. The van der Waals surface area contributed by atoms with Gasteiger partial charge in [0.25, 0.3) is 0 Å². The molecule has 0 aliphatic carbocycles. The topological polar surface area (TPSA) is 82.1 Å². The van der Waals surface area contributed by atoms with Gasteiger partial charge < -0.3 is 14.2 Å². The van der Waals surface area contributed by atoms with Crippen LogP contribution in [0.5, 0.6) is 5.75 Å². The van der Waals surface area contributed by atoms with Crippen molar-refractivity contribution in [2.45, 2.75) is 11.8 Å². The molecule has 1 heterocycles. The highest BCUT2D eigenvalue weighted by molar-refractivity contribution is 7.89. The number of para-hydroxylation sites is 1. The fraction of sp³-hybridized carbons (Fsp3) is 0.350. The summed E-state index contributed by atoms with van der Waals surface area (Å²) in [4.78, 5) is 12.5. The van der Waals surface area contributed by atoms with Crippen LogP contribution in [0.2, 0.25) is 10.0 Å². The van der Waals surface area contributed by atoms with E-state index in [1.54, 1.807) is 31.2 Å². The van der Waals surface area contributed by atoms with Crippen LogP contribution in [0.1, 0.15) is 15.9 Å². The number of carbonyl (C=O) groups is 1. The van der Waals surface area contributed by atoms with E-state index in [0.29, 0.717) is 34.6 Å². The molecule has 1 aliphatic rings. The predicted octanol–water partition coefficient (Wildman–Crippen LogP) is 3.56. The van der Waals surface area contributed by atoms with Crippen LogP contribution in [0.15, 0.2) is 41.3 Å². The van der Waals surface area contributed by atoms with Crippen LogP contribution in [-0.2, 0) is 19.5 Å². The van der Waals surface area contributed by atoms with Crippen LogP contribution in [0.25, 0.3) is 0 Å². The Labute approximate surface area is 185 Å². The summed E-state index contributed by atoms with van der Waals surface area (Å²) in [7, 11) is -3.73. The minimum atomic E-state index is -3.73. The summed E-state index contributed by atoms with van der Waals surface area (Å²) in [5, 5.41) is 0.704. The Morgan fingerprint density at radius 2 is 1.77 bits per heavy atom. The molecule has 3 rings (SSSR count). The van der Waals surface area contributed by atoms with Crippen molar-refractivity contribution in [1.29, 1.82) is 0 Å². The number of esters is 1. The summed E-state index contributed by atoms with van der Waals surface area (Å²) < 4.78 is 43.1. The first-order valence-electron chi connectivity index (χ1n) is 9.23. The molecule has 162 valence electrons. The minimum absolute atomic E-state index is 0.0417. The third-order valence-electron chi connectivity index (χ3n) is 4.49. The largest absolute Gasteiger partial charge is 0.487 e. The van der Waals surface area contributed by atoms with Gasteiger partial charge in [0.1, 0.15) is 13.2 Å². The Morgan fingerprint density at radius 1 is 1.10 bits per heavy atom. The number of ether oxygens (including phenoxy) is 3. The van der Waals surface area contributed by atoms with Gasteiger partial charge in [-0.15, -0.1) is 0 Å². The molecule has 0 N–H and O–H groups in total. The normalized spacial score (nSPS) is 15.0. The molecule has 0 amide bonds. The number of sulfonamides is 1. The second-order valence-corrected chi connectivity index (χ2v) is 9.25. The molecule has 2 aromatic carbocycles. The summed E-state index contributed by atoms with van der Waals surface area (Å²) in [5.74, 6) is -0.339. The number of benzene rings is 2. The lowest BCUT2D eigenvalue weighted by Crippen LogP contribution is -2.40. The second kappa shape index (κ2) is 9.98. The van der Waals surface area contributed by atoms with Crippen LogP contribution in [0, 0.1) is 6.92 Å². The van der Waals surface area contributed by atoms with Gasteiger partial charge in [-0.2, -0.15) is 4.31 Å². The summed E-state index contributed by atoms with van der Waals surface area (Å²) >= 11 is 12.0. The highest BCUT2D eigenvalue weighted by Crippen LogP contribution is 2.32. The van der Waals surface area contributed by atoms with Crippen molar-refractivity contribution in [1.82, 2.24) is 4.31 Å². The van der Waals surface area contributed by atoms with Crippen LogP contribution >= 0.6 is 23.2 Å². The maximum atomic E-state index is 12.9. The Morgan fingerprint density at radius 3 is 2.43 bits per heavy atom. The van der Waals surface area contributed by atoms with E-state index in [0.717, 1.165) is 0 Å². The monoisotopic (exact) mass is 473 g/mol. The van der Waals surface area contributed by atoms with Crippen molar-refractivity contribution in [3.63, 3.8) is 0 Å². The zero-order chi connectivity index (χ0) is 21.7. The first-order valence-corrected chi connectivity index (χ1v) is 11.4. The fourth-order valence-electron chi connectivity index (χ4n) is 2.91. The molecule has 30 heavy (non-hydrogen) atoms. The average Bonchev–Trinajstić information content (AvgIpc) is 2.73. The van der Waals surface area contributed by atoms with Crippen molar-refractivity contribution in [2.75, 3.05) is 39.5 Å². The molecular weight excluding hydrogens is 453 g/mol. The lowest BCUT2D eigenvalue weighted by molar-refractivity contribution is 0.0450. The maximum Gasteiger partial charge on any atom is 0.338 e. The van der Waals surface area contributed by atoms with E-state index in [9.17, 15) is 13.2 Å². The quantitative estimate of drug-likeness (QED) is 0.451. The van der Waals surface area contributed by atoms with E-state index < -0.39 is 16.0 Å². The number of halogens is 2. The maximum absolute atomic E-state index is 12.9. The van der Waals surface area contributed by atoms with E-state index in [2.05, 4.69) is 0 Å². The van der Waals surface area contributed by atoms with Gasteiger partial charge in [0.2, 0.25) is 10.0 Å². The second-order valence-electron chi connectivity index (χ2n) is 6.53. The molecular formula is C20H21Cl2NO6S. The van der Waals surface area contributed by atoms with Gasteiger partial charge >= 0.3 is 5.97 Å². The molecule has 0 aromatic heterocycles. The third kappa shape index (κ3) is 5.25. The molecule has 0 unspecified atom stereocenters. The number of hydrogen-bond acceptors (Lipinski definition) is 6. The molecule has 0 atom stereocenters. The van der Waals surface area contributed by atoms with E-state index in [-0.39, 0.29) is 36.8 Å². The van der Waals surface area contributed by atoms with Crippen LogP contribution in [0.3, 0.4) is 0 Å². The molecule has 0 radical (unpaired) electrons. The first-order chi connectivity index (χ1) is 14.3. The van der Waals surface area contributed by atoms with E-state index in [4.69, 9.17) is 37.4 Å². The Balaban J connectivity index is 1.64. The van der Waals surface area contributed by atoms with Gasteiger partial charge in [0.05, 0.1) is 33.7 Å². The van der Waals surface area contributed by atoms with Crippen molar-refractivity contribution in [3.05, 3.63) is 57.6 Å². The van der Waals surface area contributed by atoms with E-state index in [1.807, 2.05) is 0 Å². The summed E-state index contributed by atoms with van der Waals surface area (Å²) in [6.07, 6.45) is 0. The molecule has 1 fully saturated rings. The predicted molar refractivity (Wildman–Crippen MR) is 113 cm³/mol. The third-order valence-corrected chi connectivity index (χ3v) is 7.13. The molecule has 1 saturated heterocycles. The summed E-state index contributed by atoms with van der Waals surface area (Å²) in [5.41, 5.74) is 0.693. The zero-order valence-corrected chi connectivity index (χ0v) is 18.6. The van der Waals surface area contributed by atoms with Gasteiger partial charge in [-0.3, -0.25) is 0 Å². The lowest BCUT2D eigenvalue weighted by atomic mass is 10.1. The number of nitrogens with zero attached hydrogens (tertiary/aromatic N) is 1. The Kier molecular flexibility index (Phi) is 7.60. The Hall–Kier alpha value is -1.84. The van der Waals surface area contributed by atoms with Gasteiger partial charge in [0, 0.05) is 13.1 Å². The molecule has 10 heteroatoms. The Bertz CT molecular complexity index is 1000. The number of hydrogen-bond donors (Lipinski definition) is 0. The standard InChI is InChI=1S/C20H21Cl2NO6S/c1-14-5-6-15(13-18(14)30(25,26)23-7-9-27-10-8-23)20(24)29-12-11-28-19-16(21)3-2-4-17(19)22/h2-6,13H,7-12H2,1H3. The van der Waals surface area contributed by atoms with Crippen LogP contribution in [0.4, 0.5) is 0 Å². The van der Waals surface area contributed by atoms with Gasteiger partial charge in [-0.1, -0.05) is 35.3 Å². The highest BCUT2D eigenvalue weighted by Gasteiger charge is 2.28. The SMILES string of the molecule is Cc1ccc(C(=O)OCCOc2c(Cl)cccc2Cl)cc1S(=O)(=O)N1CCOCC1. The summed E-state index contributed by atoms with van der Waals surface area (Å²) in [6.45, 7) is 2.91. The van der Waals surface area contributed by atoms with Crippen molar-refractivity contribution in [3.8, 4) is 5.75 Å². The summed E-state index contributed by atoms with van der Waals surface area (Å²) in [6, 6.07) is 9.42. The van der Waals surface area contributed by atoms with Crippen LogP contribution < -0.4 is 4.74 Å². The molecule has 0 bridgehead atoms. The number of morpholine rings is 1. The van der Waals surface area contributed by atoms with E-state index >= 15 is 0 Å². The van der Waals surface area contributed by atoms with E-state index in [1.165, 1.54) is 16.4 Å². The number of carbonyl (C=O) groups excluding carboxylic acids is 1. The van der Waals surface area contributed by atoms with Crippen molar-refractivity contribution < 1.29 is 27.4 Å². The molecule has 0 saturated carbocycles. The zero-order valence-electron chi connectivity index (χ0n) is 16.3. The molecule has 1 aliphatic heterocycles. The van der Waals surface area contributed by atoms with Gasteiger partial charge in [-0.25, -0.2) is 13.2 Å². The van der Waals surface area contributed by atoms with Gasteiger partial charge in [-0.05, 0) is 36.8 Å². The average molecular weight is 474 g/mol. The molecule has 7 nitrogen and oxygen atoms in total. The smallest absolute Gasteiger partial charge is 0.338 e. The number of aryl methyl sites for hydroxylation is 1. The minimum Gasteiger partial charge on any atom is -0.487 e. The van der Waals surface area contributed by atoms with Crippen molar-refractivity contribution >= 4 is 39.2 Å². The highest BCUT2D eigenvalue weighted by atomic mass is 35.5. The first kappa shape index (κ1) is 22.8. The van der Waals surface area contributed by atoms with Gasteiger partial charge in [0.15, 0.2) is 5.75 Å². The fourth-order valence-corrected chi connectivity index (χ4v) is 5.08. The number of rotatable bonds is 7. The van der Waals surface area contributed by atoms with Crippen LogP contribution in [-0.4, -0.2) is 58.2 Å². The van der Waals surface area contributed by atoms with Crippen molar-refractivity contribution in [2.24, 2.45) is 0 Å². The molecule has 0 spiro atoms. The lowest BCUT2D eigenvalue weighted by Gasteiger charge is -2.26.